The monoisotopic (exact) mass is 1960 g/mol. The first-order valence-corrected chi connectivity index (χ1v) is 48.6. The first-order chi connectivity index (χ1) is 68.4. The van der Waals surface area contributed by atoms with Crippen LogP contribution in [0.3, 0.4) is 0 Å². The van der Waals surface area contributed by atoms with Gasteiger partial charge in [0.2, 0.25) is 5.00 Å². The van der Waals surface area contributed by atoms with Crippen LogP contribution < -0.4 is 0 Å². The van der Waals surface area contributed by atoms with E-state index in [9.17, 15) is 62.3 Å². The van der Waals surface area contributed by atoms with E-state index in [1.807, 2.05) is 20.8 Å². The van der Waals surface area contributed by atoms with Gasteiger partial charge in [0.05, 0.1) is 103 Å². The van der Waals surface area contributed by atoms with Crippen molar-refractivity contribution >= 4 is 84.3 Å². The number of thiophene rings is 1. The van der Waals surface area contributed by atoms with Crippen molar-refractivity contribution in [1.29, 1.82) is 0 Å². The second-order valence-corrected chi connectivity index (χ2v) is 40.8. The summed E-state index contributed by atoms with van der Waals surface area (Å²) >= 11 is 1.13. The third kappa shape index (κ3) is 18.8. The lowest BCUT2D eigenvalue weighted by Crippen LogP contribution is -2.45. The summed E-state index contributed by atoms with van der Waals surface area (Å²) in [4.78, 5) is 117. The Morgan fingerprint density at radius 3 is 1.12 bits per heavy atom. The number of pyridine rings is 4. The fourth-order valence-corrected chi connectivity index (χ4v) is 24.8. The summed E-state index contributed by atoms with van der Waals surface area (Å²) in [5, 5.41) is 62.3. The summed E-state index contributed by atoms with van der Waals surface area (Å²) in [7, 11) is 0. The summed E-state index contributed by atoms with van der Waals surface area (Å²) in [5.74, 6) is -2.69. The number of aromatic nitrogens is 20. The lowest BCUT2D eigenvalue weighted by Gasteiger charge is -2.46. The third-order valence-electron chi connectivity index (χ3n) is 30.5. The lowest BCUT2D eigenvalue weighted by molar-refractivity contribution is -0.153. The summed E-state index contributed by atoms with van der Waals surface area (Å²) in [6.07, 6.45) is 31.0. The molecule has 12 aliphatic rings. The number of H-pyrrole nitrogens is 5. The first kappa shape index (κ1) is 95.1. The van der Waals surface area contributed by atoms with Gasteiger partial charge in [-0.2, -0.15) is 21.5 Å². The number of aromatic amines is 5. The Hall–Kier alpha value is -14.5. The minimum atomic E-state index is -0.835. The summed E-state index contributed by atoms with van der Waals surface area (Å²) in [5.41, 5.74) is 4.85. The number of aliphatic hydroxyl groups excluding tert-OH is 1. The number of carbonyl (C=O) groups is 4. The minimum absolute atomic E-state index is 0.0238. The summed E-state index contributed by atoms with van der Waals surface area (Å²) in [6.45, 7) is 13.1. The van der Waals surface area contributed by atoms with Crippen LogP contribution in [0.5, 0.6) is 0 Å². The van der Waals surface area contributed by atoms with E-state index in [0.29, 0.717) is 87.5 Å². The molecule has 10 N–H and O–H groups in total. The molecule has 142 heavy (non-hydrogen) atoms. The summed E-state index contributed by atoms with van der Waals surface area (Å²) in [6, 6.07) is 10.2. The van der Waals surface area contributed by atoms with Gasteiger partial charge in [-0.3, -0.25) is 29.0 Å². The molecular formula is C103H97F8N21O9S. The average Bonchev–Trinajstić information content (AvgIpc) is 1.16. The van der Waals surface area contributed by atoms with Gasteiger partial charge in [-0.15, -0.1) is 0 Å². The molecule has 0 radical (unpaired) electrons. The Bertz CT molecular complexity index is 7490. The molecule has 0 spiro atoms. The van der Waals surface area contributed by atoms with E-state index in [2.05, 4.69) is 112 Å². The SMILES string of the molecule is CC(C)(C)C#Cc1nc(-c2c[nH]c3ncc(F)cc23)nc(CC2C3CCC(CC3)C2C(=O)O)c1F.O=C(O)C1C2CCC(CC2)C1Cc1nc(-c2c[nH]c3ncc(F)cc23)nc(-c2ccn[nH]2)c1F.O=C(O)C1C2CCC(CC2)C1Cc1nc(-c2c[nH]c3ncc(F)cc23)nc(-c2cnn(CCO)c2)c1F.[C-]#[N+]c1ccc(-c2nc(-c3c[nH]c4ncc(F)cc34)nc(CC3C4CCC(CC4)C3C(=O)O)c2F)s1. The quantitative estimate of drug-likeness (QED) is 0.0181. The molecule has 12 saturated carbocycles. The highest BCUT2D eigenvalue weighted by atomic mass is 32.1. The molecule has 12 aliphatic carbocycles. The number of nitrogens with zero attached hydrogens (tertiary/aromatic N) is 16. The molecule has 39 heteroatoms. The van der Waals surface area contributed by atoms with Crippen molar-refractivity contribution < 1.29 is 79.8 Å². The minimum Gasteiger partial charge on any atom is -0.481 e. The predicted octanol–water partition coefficient (Wildman–Crippen LogP) is 19.8. The molecule has 8 unspecified atom stereocenters. The van der Waals surface area contributed by atoms with Gasteiger partial charge in [-0.25, -0.2) is 99.8 Å². The Morgan fingerprint density at radius 1 is 0.444 bits per heavy atom. The van der Waals surface area contributed by atoms with Crippen LogP contribution in [0, 0.1) is 165 Å². The van der Waals surface area contributed by atoms with Gasteiger partial charge in [0, 0.05) is 96.8 Å². The maximum absolute atomic E-state index is 16.0. The van der Waals surface area contributed by atoms with Crippen molar-refractivity contribution in [1.82, 2.24) is 99.7 Å². The van der Waals surface area contributed by atoms with E-state index >= 15 is 17.6 Å². The largest absolute Gasteiger partial charge is 0.481 e. The van der Waals surface area contributed by atoms with E-state index < -0.39 is 94.1 Å². The van der Waals surface area contributed by atoms with E-state index in [1.54, 1.807) is 49.2 Å². The van der Waals surface area contributed by atoms with Crippen molar-refractivity contribution in [3.8, 4) is 90.6 Å². The predicted molar refractivity (Wildman–Crippen MR) is 505 cm³/mol. The zero-order chi connectivity index (χ0) is 99.0. The van der Waals surface area contributed by atoms with Gasteiger partial charge in [0.15, 0.2) is 52.3 Å². The molecular weight excluding hydrogens is 1860 g/mol. The van der Waals surface area contributed by atoms with Gasteiger partial charge < -0.3 is 45.5 Å². The van der Waals surface area contributed by atoms with Gasteiger partial charge in [-0.05, 0) is 263 Å². The smallest absolute Gasteiger partial charge is 0.307 e. The molecule has 0 amide bonds. The van der Waals surface area contributed by atoms with Gasteiger partial charge in [0.1, 0.15) is 62.9 Å². The molecule has 12 fully saturated rings. The topological polar surface area (TPSA) is 438 Å². The Morgan fingerprint density at radius 2 is 0.782 bits per heavy atom. The van der Waals surface area contributed by atoms with E-state index in [4.69, 9.17) is 6.57 Å². The van der Waals surface area contributed by atoms with Crippen molar-refractivity contribution in [2.45, 2.75) is 156 Å². The number of aliphatic carboxylic acids is 4. The van der Waals surface area contributed by atoms with E-state index in [0.717, 1.165) is 139 Å². The number of halogens is 8. The van der Waals surface area contributed by atoms with Crippen LogP contribution in [-0.4, -0.2) is 156 Å². The molecule has 27 rings (SSSR count). The number of aliphatic hydroxyl groups is 1. The zero-order valence-corrected chi connectivity index (χ0v) is 78.0. The number of rotatable bonds is 21. The van der Waals surface area contributed by atoms with Gasteiger partial charge in [0.25, 0.3) is 0 Å². The normalized spacial score (nSPS) is 23.5. The second-order valence-electron chi connectivity index (χ2n) is 39.7. The van der Waals surface area contributed by atoms with Crippen molar-refractivity contribution in [2.75, 3.05) is 6.61 Å². The highest BCUT2D eigenvalue weighted by Crippen LogP contribution is 2.56. The fraction of sp³-hybridized carbons (Fsp3) is 0.408. The van der Waals surface area contributed by atoms with Crippen molar-refractivity contribution in [3.63, 3.8) is 0 Å². The molecule has 15 heterocycles. The molecule has 0 saturated heterocycles. The molecule has 15 aromatic heterocycles. The van der Waals surface area contributed by atoms with Crippen LogP contribution >= 0.6 is 11.3 Å². The number of nitrogens with one attached hydrogen (secondary N) is 5. The van der Waals surface area contributed by atoms with Crippen molar-refractivity contribution in [3.05, 3.63) is 197 Å². The number of hydrogen-bond acceptors (Lipinski definition) is 20. The number of carboxylic acid groups (broad SMARTS) is 4. The first-order valence-electron chi connectivity index (χ1n) is 47.8. The molecule has 8 atom stereocenters. The van der Waals surface area contributed by atoms with E-state index in [1.165, 1.54) is 41.3 Å². The molecule has 8 bridgehead atoms. The molecule has 30 nitrogen and oxygen atoms in total. The third-order valence-corrected chi connectivity index (χ3v) is 31.5. The van der Waals surface area contributed by atoms with Crippen LogP contribution in [0.25, 0.3) is 128 Å². The van der Waals surface area contributed by atoms with Crippen LogP contribution in [0.2, 0.25) is 0 Å². The number of hydrogen-bond donors (Lipinski definition) is 10. The molecule has 15 aromatic rings. The standard InChI is InChI=1S/C27H28F2N4O2.C26H26F2N6O3.C26H21F2N5O2S.C24H22F2N6O2/c1-27(2,3)9-8-20-23(29)21(11-17-14-4-6-15(7-5-14)22(17)26(34)35)33-25(32-20)19-13-31-24-18(19)10-16(28)12-30-24;27-16-7-18-19(11-30-24(18)29-10-16)25-32-20(8-17-13-1-3-14(4-2-13)21(17)26(36)37)22(28)23(33-25)15-9-31-34(12-15)5-6-35;1-29-20-7-6-19(36-20)23-22(28)18(9-15-12-2-4-13(5-3-12)21(15)26(34)35)32-25(33-23)17-11-31-24-16(17)8-14(27)10-30-24;25-13-7-15-16(10-28-22(15)27-9-13)23-30-18(20(26)21(31-23)17-5-6-29-32-17)8-14-11-1-3-12(4-2-11)19(14)24(33)34/h10,12-15,17,22H,4-7,11H2,1-3H3,(H,30,31)(H,34,35);7,9-14,17,21,35H,1-6,8H2,(H,29,30)(H,36,37);6-8,10-13,15,21H,2-5,9H2,(H,30,31)(H,34,35);5-7,9-12,14,19H,1-4,8H2,(H,27,28)(H,29,32)(H,33,34). The fourth-order valence-electron chi connectivity index (χ4n) is 24.0. The van der Waals surface area contributed by atoms with E-state index in [-0.39, 0.29) is 184 Å². The zero-order valence-electron chi connectivity index (χ0n) is 77.1. The average molecular weight is 1960 g/mol. The Balaban J connectivity index is 0.000000116. The second kappa shape index (κ2) is 39.2. The Labute approximate surface area is 809 Å². The van der Waals surface area contributed by atoms with Crippen LogP contribution in [0.15, 0.2) is 111 Å². The maximum atomic E-state index is 16.0. The number of carboxylic acids is 4. The molecule has 730 valence electrons. The summed E-state index contributed by atoms with van der Waals surface area (Å²) < 4.78 is 121. The van der Waals surface area contributed by atoms with Crippen LogP contribution in [0.4, 0.5) is 40.1 Å². The van der Waals surface area contributed by atoms with Crippen LogP contribution in [0.1, 0.15) is 152 Å². The Kier molecular flexibility index (Phi) is 26.3. The van der Waals surface area contributed by atoms with Gasteiger partial charge >= 0.3 is 23.9 Å². The van der Waals surface area contributed by atoms with Crippen molar-refractivity contribution in [2.24, 2.45) is 100 Å². The highest BCUT2D eigenvalue weighted by molar-refractivity contribution is 7.19. The maximum Gasteiger partial charge on any atom is 0.307 e. The lowest BCUT2D eigenvalue weighted by atomic mass is 9.57. The molecule has 0 aromatic carbocycles. The van der Waals surface area contributed by atoms with Crippen LogP contribution in [-0.2, 0) is 51.4 Å². The van der Waals surface area contributed by atoms with Gasteiger partial charge in [-0.1, -0.05) is 12.0 Å². The number of fused-ring (bicyclic) bond motifs is 16. The molecule has 0 aliphatic heterocycles. The highest BCUT2D eigenvalue weighted by Gasteiger charge is 2.52.